The number of amidine groups is 1. The first-order valence-corrected chi connectivity index (χ1v) is 11.2. The van der Waals surface area contributed by atoms with Crippen molar-refractivity contribution in [1.29, 1.82) is 5.41 Å². The zero-order valence-corrected chi connectivity index (χ0v) is 20.4. The topological polar surface area (TPSA) is 170 Å². The molecule has 0 fully saturated rings. The van der Waals surface area contributed by atoms with Crippen molar-refractivity contribution in [1.82, 2.24) is 19.7 Å². The summed E-state index contributed by atoms with van der Waals surface area (Å²) in [4.78, 5) is 31.2. The SMILES string of the molecule is COC(=O)COc1cc(OC)cc([C@H](Nc2ccc(C(=N)N)cc2)c2nn(-c3ccccn3)c(=O)[nH]2)c1F. The number of aromatic amines is 1. The molecule has 0 radical (unpaired) electrons. The monoisotopic (exact) mass is 521 g/mol. The van der Waals surface area contributed by atoms with Crippen molar-refractivity contribution in [2.24, 2.45) is 5.73 Å². The van der Waals surface area contributed by atoms with Crippen LogP contribution in [-0.4, -0.2) is 52.4 Å². The van der Waals surface area contributed by atoms with Gasteiger partial charge in [0.15, 0.2) is 29.8 Å². The molecule has 0 spiro atoms. The maximum Gasteiger partial charge on any atom is 0.349 e. The molecule has 0 amide bonds. The molecule has 0 aliphatic carbocycles. The van der Waals surface area contributed by atoms with Crippen molar-refractivity contribution in [2.75, 3.05) is 26.1 Å². The number of benzene rings is 2. The number of carbonyl (C=O) groups excluding carboxylic acids is 1. The summed E-state index contributed by atoms with van der Waals surface area (Å²) in [6, 6.07) is 13.1. The Kier molecular flexibility index (Phi) is 7.66. The highest BCUT2D eigenvalue weighted by Gasteiger charge is 2.27. The lowest BCUT2D eigenvalue weighted by atomic mass is 10.0. The normalized spacial score (nSPS) is 11.4. The van der Waals surface area contributed by atoms with Crippen LogP contribution in [0.25, 0.3) is 5.82 Å². The number of rotatable bonds is 10. The van der Waals surface area contributed by atoms with Crippen LogP contribution in [0.2, 0.25) is 0 Å². The lowest BCUT2D eigenvalue weighted by Gasteiger charge is -2.21. The van der Waals surface area contributed by atoms with Crippen LogP contribution < -0.4 is 26.2 Å². The van der Waals surface area contributed by atoms with E-state index in [-0.39, 0.29) is 34.5 Å². The van der Waals surface area contributed by atoms with Crippen LogP contribution in [0.5, 0.6) is 11.5 Å². The van der Waals surface area contributed by atoms with Crippen LogP contribution in [0.15, 0.2) is 65.6 Å². The van der Waals surface area contributed by atoms with Gasteiger partial charge in [0.1, 0.15) is 17.6 Å². The van der Waals surface area contributed by atoms with Gasteiger partial charge in [0, 0.05) is 29.1 Å². The number of nitrogens with two attached hydrogens (primary N) is 1. The van der Waals surface area contributed by atoms with E-state index in [1.165, 1.54) is 32.5 Å². The van der Waals surface area contributed by atoms with Crippen molar-refractivity contribution in [2.45, 2.75) is 6.04 Å². The lowest BCUT2D eigenvalue weighted by Crippen LogP contribution is -2.18. The summed E-state index contributed by atoms with van der Waals surface area (Å²) in [5.41, 5.74) is 5.95. The molecule has 5 N–H and O–H groups in total. The predicted molar refractivity (Wildman–Crippen MR) is 135 cm³/mol. The molecule has 0 aliphatic rings. The van der Waals surface area contributed by atoms with E-state index >= 15 is 4.39 Å². The van der Waals surface area contributed by atoms with E-state index in [4.69, 9.17) is 20.6 Å². The fraction of sp³-hybridized carbons (Fsp3) is 0.160. The Labute approximate surface area is 215 Å². The molecule has 13 heteroatoms. The number of H-pyrrole nitrogens is 1. The highest BCUT2D eigenvalue weighted by molar-refractivity contribution is 5.95. The van der Waals surface area contributed by atoms with E-state index in [2.05, 4.69) is 25.1 Å². The molecule has 1 atom stereocenters. The smallest absolute Gasteiger partial charge is 0.349 e. The number of nitrogens with one attached hydrogen (secondary N) is 3. The summed E-state index contributed by atoms with van der Waals surface area (Å²) in [7, 11) is 2.58. The molecular weight excluding hydrogens is 497 g/mol. The minimum absolute atomic E-state index is 0.00165. The van der Waals surface area contributed by atoms with E-state index in [1.807, 2.05) is 0 Å². The van der Waals surface area contributed by atoms with Crippen molar-refractivity contribution in [3.8, 4) is 17.3 Å². The van der Waals surface area contributed by atoms with Crippen LogP contribution >= 0.6 is 0 Å². The van der Waals surface area contributed by atoms with Crippen molar-refractivity contribution in [3.63, 3.8) is 0 Å². The quantitative estimate of drug-likeness (QED) is 0.139. The third-order valence-electron chi connectivity index (χ3n) is 5.44. The number of halogens is 1. The Morgan fingerprint density at radius 3 is 2.61 bits per heavy atom. The van der Waals surface area contributed by atoms with Gasteiger partial charge in [-0.25, -0.2) is 19.0 Å². The fourth-order valence-corrected chi connectivity index (χ4v) is 3.53. The first kappa shape index (κ1) is 25.9. The number of anilines is 1. The van der Waals surface area contributed by atoms with Crippen LogP contribution in [0, 0.1) is 11.2 Å². The van der Waals surface area contributed by atoms with Gasteiger partial charge in [0.25, 0.3) is 0 Å². The van der Waals surface area contributed by atoms with Gasteiger partial charge in [-0.15, -0.1) is 5.10 Å². The maximum atomic E-state index is 15.8. The van der Waals surface area contributed by atoms with E-state index in [0.717, 1.165) is 4.68 Å². The van der Waals surface area contributed by atoms with Crippen LogP contribution in [0.3, 0.4) is 0 Å². The summed E-state index contributed by atoms with van der Waals surface area (Å²) in [6.45, 7) is -0.532. The number of hydrogen-bond donors (Lipinski definition) is 4. The molecule has 196 valence electrons. The third-order valence-corrected chi connectivity index (χ3v) is 5.44. The van der Waals surface area contributed by atoms with Crippen molar-refractivity contribution < 1.29 is 23.4 Å². The summed E-state index contributed by atoms with van der Waals surface area (Å²) in [5, 5.41) is 15.1. The summed E-state index contributed by atoms with van der Waals surface area (Å²) in [5.74, 6) is -1.35. The van der Waals surface area contributed by atoms with Gasteiger partial charge in [0.2, 0.25) is 0 Å². The molecule has 2 heterocycles. The first-order valence-electron chi connectivity index (χ1n) is 11.2. The van der Waals surface area contributed by atoms with Crippen LogP contribution in [-0.2, 0) is 9.53 Å². The minimum atomic E-state index is -1.06. The van der Waals surface area contributed by atoms with Gasteiger partial charge < -0.3 is 25.3 Å². The predicted octanol–water partition coefficient (Wildman–Crippen LogP) is 2.14. The number of aromatic nitrogens is 4. The van der Waals surface area contributed by atoms with Gasteiger partial charge >= 0.3 is 11.7 Å². The van der Waals surface area contributed by atoms with Crippen LogP contribution in [0.4, 0.5) is 10.1 Å². The Morgan fingerprint density at radius 2 is 1.97 bits per heavy atom. The molecule has 4 aromatic rings. The molecule has 0 saturated heterocycles. The molecule has 2 aromatic carbocycles. The molecule has 0 saturated carbocycles. The summed E-state index contributed by atoms with van der Waals surface area (Å²) >= 11 is 0. The fourth-order valence-electron chi connectivity index (χ4n) is 3.53. The van der Waals surface area contributed by atoms with Gasteiger partial charge in [0.05, 0.1) is 14.2 Å². The average Bonchev–Trinajstić information content (AvgIpc) is 3.33. The third kappa shape index (κ3) is 5.61. The maximum absolute atomic E-state index is 15.8. The Morgan fingerprint density at radius 1 is 1.21 bits per heavy atom. The van der Waals surface area contributed by atoms with E-state index in [1.54, 1.807) is 42.5 Å². The summed E-state index contributed by atoms with van der Waals surface area (Å²) in [6.07, 6.45) is 1.51. The number of esters is 1. The lowest BCUT2D eigenvalue weighted by molar-refractivity contribution is -0.142. The molecule has 0 unspecified atom stereocenters. The number of carbonyl (C=O) groups is 1. The Bertz CT molecular complexity index is 1500. The summed E-state index contributed by atoms with van der Waals surface area (Å²) < 4.78 is 32.1. The Hall–Kier alpha value is -5.20. The van der Waals surface area contributed by atoms with Crippen molar-refractivity contribution >= 4 is 17.5 Å². The second-order valence-electron chi connectivity index (χ2n) is 7.88. The highest BCUT2D eigenvalue weighted by atomic mass is 19.1. The number of hydrogen-bond acceptors (Lipinski definition) is 9. The molecule has 2 aromatic heterocycles. The Balaban J connectivity index is 1.82. The van der Waals surface area contributed by atoms with Crippen LogP contribution in [0.1, 0.15) is 23.0 Å². The molecule has 12 nitrogen and oxygen atoms in total. The molecule has 0 aliphatic heterocycles. The molecule has 38 heavy (non-hydrogen) atoms. The average molecular weight is 522 g/mol. The number of nitrogens with zero attached hydrogens (tertiary/aromatic N) is 3. The molecule has 0 bridgehead atoms. The standard InChI is InChI=1S/C25H24FN7O5/c1-36-16-11-17(21(26)18(12-16)38-13-20(34)37-2)22(30-15-8-6-14(7-9-15)23(27)28)24-31-25(35)33(32-24)19-5-3-4-10-29-19/h3-12,22,30H,13H2,1-2H3,(H3,27,28)(H,31,32,35)/t22-/m0/s1. The largest absolute Gasteiger partial charge is 0.497 e. The van der Waals surface area contributed by atoms with E-state index in [9.17, 15) is 9.59 Å². The van der Waals surface area contributed by atoms with Crippen molar-refractivity contribution in [3.05, 3.63) is 94.0 Å². The molecular formula is C25H24FN7O5. The number of ether oxygens (including phenoxy) is 3. The van der Waals surface area contributed by atoms with Gasteiger partial charge in [-0.05, 0) is 42.5 Å². The van der Waals surface area contributed by atoms with Gasteiger partial charge in [-0.3, -0.25) is 10.4 Å². The zero-order chi connectivity index (χ0) is 27.2. The highest BCUT2D eigenvalue weighted by Crippen LogP contribution is 2.35. The van der Waals surface area contributed by atoms with Gasteiger partial charge in [-0.2, -0.15) is 4.68 Å². The van der Waals surface area contributed by atoms with E-state index in [0.29, 0.717) is 11.3 Å². The number of methoxy groups -OCH3 is 2. The van der Waals surface area contributed by atoms with E-state index < -0.39 is 30.1 Å². The second kappa shape index (κ2) is 11.2. The number of nitrogen functional groups attached to an aromatic ring is 1. The zero-order valence-electron chi connectivity index (χ0n) is 20.4. The first-order chi connectivity index (χ1) is 18.3. The molecule has 4 rings (SSSR count). The number of pyridine rings is 1. The minimum Gasteiger partial charge on any atom is -0.497 e. The second-order valence-corrected chi connectivity index (χ2v) is 7.88. The van der Waals surface area contributed by atoms with Gasteiger partial charge in [-0.1, -0.05) is 6.07 Å².